The van der Waals surface area contributed by atoms with Gasteiger partial charge in [0, 0.05) is 5.56 Å². The van der Waals surface area contributed by atoms with E-state index in [2.05, 4.69) is 26.0 Å². The summed E-state index contributed by atoms with van der Waals surface area (Å²) < 4.78 is 14.0. The second kappa shape index (κ2) is 6.41. The summed E-state index contributed by atoms with van der Waals surface area (Å²) in [5.74, 6) is 0.296. The van der Waals surface area contributed by atoms with Gasteiger partial charge in [0.05, 0.1) is 5.38 Å². The van der Waals surface area contributed by atoms with Crippen molar-refractivity contribution in [3.63, 3.8) is 0 Å². The zero-order valence-electron chi connectivity index (χ0n) is 12.2. The maximum absolute atomic E-state index is 14.0. The molecule has 2 heteroatoms. The van der Waals surface area contributed by atoms with Crippen LogP contribution in [-0.2, 0) is 0 Å². The highest BCUT2D eigenvalue weighted by molar-refractivity contribution is 6.22. The first kappa shape index (κ1) is 15.1. The average molecular weight is 291 g/mol. The summed E-state index contributed by atoms with van der Waals surface area (Å²) >= 11 is 6.42. The van der Waals surface area contributed by atoms with E-state index in [0.717, 1.165) is 17.5 Å². The number of hydrogen-bond acceptors (Lipinski definition) is 0. The van der Waals surface area contributed by atoms with Gasteiger partial charge < -0.3 is 0 Å². The smallest absolute Gasteiger partial charge is 0.128 e. The quantitative estimate of drug-likeness (QED) is 0.608. The Labute approximate surface area is 125 Å². The van der Waals surface area contributed by atoms with E-state index in [1.54, 1.807) is 6.07 Å². The molecule has 0 bridgehead atoms. The number of aryl methyl sites for hydroxylation is 1. The summed E-state index contributed by atoms with van der Waals surface area (Å²) in [5, 5.41) is -0.443. The third-order valence-electron chi connectivity index (χ3n) is 3.84. The maximum Gasteiger partial charge on any atom is 0.128 e. The minimum Gasteiger partial charge on any atom is -0.207 e. The van der Waals surface area contributed by atoms with Gasteiger partial charge in [-0.2, -0.15) is 0 Å². The lowest BCUT2D eigenvalue weighted by atomic mass is 9.95. The molecule has 0 radical (unpaired) electrons. The Bertz CT molecular complexity index is 574. The monoisotopic (exact) mass is 290 g/mol. The topological polar surface area (TPSA) is 0 Å². The van der Waals surface area contributed by atoms with Crippen molar-refractivity contribution in [2.45, 2.75) is 38.5 Å². The molecule has 2 aromatic carbocycles. The predicted octanol–water partition coefficient (Wildman–Crippen LogP) is 5.98. The molecule has 0 amide bonds. The molecule has 2 rings (SSSR count). The first-order valence-electron chi connectivity index (χ1n) is 7.03. The van der Waals surface area contributed by atoms with Crippen molar-refractivity contribution < 1.29 is 4.39 Å². The predicted molar refractivity (Wildman–Crippen MR) is 84.0 cm³/mol. The Balaban J connectivity index is 2.26. The van der Waals surface area contributed by atoms with Gasteiger partial charge in [0.15, 0.2) is 0 Å². The van der Waals surface area contributed by atoms with Crippen molar-refractivity contribution in [2.24, 2.45) is 0 Å². The van der Waals surface area contributed by atoms with Gasteiger partial charge in [-0.1, -0.05) is 50.2 Å². The fraction of sp³-hybridized carbons (Fsp3) is 0.333. The Morgan fingerprint density at radius 1 is 1.05 bits per heavy atom. The van der Waals surface area contributed by atoms with Crippen molar-refractivity contribution in [3.05, 3.63) is 70.5 Å². The highest BCUT2D eigenvalue weighted by Crippen LogP contribution is 2.32. The molecule has 20 heavy (non-hydrogen) atoms. The second-order valence-corrected chi connectivity index (χ2v) is 5.80. The van der Waals surface area contributed by atoms with Crippen LogP contribution in [0.4, 0.5) is 4.39 Å². The molecule has 0 saturated heterocycles. The lowest BCUT2D eigenvalue weighted by molar-refractivity contribution is 0.611. The third-order valence-corrected chi connectivity index (χ3v) is 4.33. The Kier molecular flexibility index (Phi) is 4.82. The molecular formula is C18H20ClF. The van der Waals surface area contributed by atoms with Crippen molar-refractivity contribution >= 4 is 11.6 Å². The fourth-order valence-corrected chi connectivity index (χ4v) is 2.57. The zero-order chi connectivity index (χ0) is 14.7. The molecule has 0 aliphatic rings. The molecule has 0 aliphatic carbocycles. The molecule has 0 nitrogen and oxygen atoms in total. The summed E-state index contributed by atoms with van der Waals surface area (Å²) in [6.45, 7) is 6.24. The van der Waals surface area contributed by atoms with E-state index in [1.807, 2.05) is 25.1 Å². The molecule has 2 unspecified atom stereocenters. The van der Waals surface area contributed by atoms with Gasteiger partial charge in [0.25, 0.3) is 0 Å². The first-order valence-corrected chi connectivity index (χ1v) is 7.46. The van der Waals surface area contributed by atoms with E-state index in [1.165, 1.54) is 11.6 Å². The van der Waals surface area contributed by atoms with Crippen molar-refractivity contribution in [2.75, 3.05) is 0 Å². The van der Waals surface area contributed by atoms with E-state index in [9.17, 15) is 4.39 Å². The van der Waals surface area contributed by atoms with Crippen molar-refractivity contribution in [1.82, 2.24) is 0 Å². The van der Waals surface area contributed by atoms with Crippen LogP contribution in [-0.4, -0.2) is 0 Å². The van der Waals surface area contributed by atoms with Gasteiger partial charge in [-0.3, -0.25) is 0 Å². The lowest BCUT2D eigenvalue weighted by Crippen LogP contribution is -1.98. The van der Waals surface area contributed by atoms with E-state index in [-0.39, 0.29) is 5.82 Å². The molecule has 2 atom stereocenters. The Morgan fingerprint density at radius 3 is 2.20 bits per heavy atom. The molecule has 0 fully saturated rings. The standard InChI is InChI=1S/C18H20ClF/c1-4-13(3)14-6-8-15(9-7-14)18(19)16-10-5-12(2)11-17(16)20/h5-11,13,18H,4H2,1-3H3. The van der Waals surface area contributed by atoms with Gasteiger partial charge in [-0.25, -0.2) is 4.39 Å². The van der Waals surface area contributed by atoms with Crippen LogP contribution in [0.1, 0.15) is 53.8 Å². The summed E-state index contributed by atoms with van der Waals surface area (Å²) in [5.41, 5.74) is 3.67. The SMILES string of the molecule is CCC(C)c1ccc(C(Cl)c2ccc(C)cc2F)cc1. The zero-order valence-corrected chi connectivity index (χ0v) is 12.9. The molecule has 0 N–H and O–H groups in total. The maximum atomic E-state index is 14.0. The summed E-state index contributed by atoms with van der Waals surface area (Å²) in [6.07, 6.45) is 1.11. The summed E-state index contributed by atoms with van der Waals surface area (Å²) in [7, 11) is 0. The molecular weight excluding hydrogens is 271 g/mol. The first-order chi connectivity index (χ1) is 9.52. The van der Waals surface area contributed by atoms with Crippen molar-refractivity contribution in [1.29, 1.82) is 0 Å². The largest absolute Gasteiger partial charge is 0.207 e. The fourth-order valence-electron chi connectivity index (χ4n) is 2.25. The minimum atomic E-state index is -0.443. The van der Waals surface area contributed by atoms with Gasteiger partial charge in [0.1, 0.15) is 5.82 Å². The number of hydrogen-bond donors (Lipinski definition) is 0. The molecule has 0 aromatic heterocycles. The Hall–Kier alpha value is -1.34. The number of rotatable bonds is 4. The molecule has 106 valence electrons. The van der Waals surface area contributed by atoms with Crippen LogP contribution in [0.25, 0.3) is 0 Å². The van der Waals surface area contributed by atoms with E-state index >= 15 is 0 Å². The number of benzene rings is 2. The molecule has 2 aromatic rings. The molecule has 0 aliphatic heterocycles. The molecule has 0 saturated carbocycles. The van der Waals surface area contributed by atoms with E-state index in [4.69, 9.17) is 11.6 Å². The van der Waals surface area contributed by atoms with Crippen LogP contribution < -0.4 is 0 Å². The van der Waals surface area contributed by atoms with Crippen LogP contribution in [0.15, 0.2) is 42.5 Å². The summed E-state index contributed by atoms with van der Waals surface area (Å²) in [4.78, 5) is 0. The third kappa shape index (κ3) is 3.21. The highest BCUT2D eigenvalue weighted by Gasteiger charge is 2.15. The van der Waals surface area contributed by atoms with E-state index in [0.29, 0.717) is 11.5 Å². The number of alkyl halides is 1. The molecule has 0 spiro atoms. The van der Waals surface area contributed by atoms with Crippen LogP contribution in [0.3, 0.4) is 0 Å². The van der Waals surface area contributed by atoms with Crippen molar-refractivity contribution in [3.8, 4) is 0 Å². The van der Waals surface area contributed by atoms with Crippen LogP contribution in [0.2, 0.25) is 0 Å². The van der Waals surface area contributed by atoms with Crippen LogP contribution >= 0.6 is 11.6 Å². The van der Waals surface area contributed by atoms with Crippen LogP contribution in [0.5, 0.6) is 0 Å². The van der Waals surface area contributed by atoms with Gasteiger partial charge >= 0.3 is 0 Å². The minimum absolute atomic E-state index is 0.240. The lowest BCUT2D eigenvalue weighted by Gasteiger charge is -2.14. The van der Waals surface area contributed by atoms with Crippen LogP contribution in [0, 0.1) is 12.7 Å². The van der Waals surface area contributed by atoms with Gasteiger partial charge in [0.2, 0.25) is 0 Å². The normalized spacial score (nSPS) is 14.1. The average Bonchev–Trinajstić information content (AvgIpc) is 2.46. The summed E-state index contributed by atoms with van der Waals surface area (Å²) in [6, 6.07) is 13.4. The Morgan fingerprint density at radius 2 is 1.65 bits per heavy atom. The number of halogens is 2. The van der Waals surface area contributed by atoms with E-state index < -0.39 is 5.38 Å². The van der Waals surface area contributed by atoms with Gasteiger partial charge in [-0.05, 0) is 42.0 Å². The molecule has 0 heterocycles. The highest BCUT2D eigenvalue weighted by atomic mass is 35.5. The second-order valence-electron chi connectivity index (χ2n) is 5.36. The van der Waals surface area contributed by atoms with Gasteiger partial charge in [-0.15, -0.1) is 11.6 Å².